The molecule has 134 valence electrons. The number of hydrogen-bond donors (Lipinski definition) is 3. The number of hydrogen-bond acceptors (Lipinski definition) is 4. The average Bonchev–Trinajstić information content (AvgIpc) is 2.98. The molecule has 0 aliphatic rings. The summed E-state index contributed by atoms with van der Waals surface area (Å²) in [6, 6.07) is 15.9. The Balaban J connectivity index is 1.82. The Bertz CT molecular complexity index is 922. The number of azo groups is 1. The van der Waals surface area contributed by atoms with Crippen molar-refractivity contribution in [1.29, 1.82) is 0 Å². The Morgan fingerprint density at radius 3 is 2.77 bits per heavy atom. The monoisotopic (exact) mass is 368 g/mol. The number of ether oxygens (including phenoxy) is 1. The van der Waals surface area contributed by atoms with Gasteiger partial charge in [-0.1, -0.05) is 36.4 Å². The summed E-state index contributed by atoms with van der Waals surface area (Å²) in [5, 5.41) is 22.3. The molecule has 0 aliphatic heterocycles. The first kappa shape index (κ1) is 18.0. The van der Waals surface area contributed by atoms with E-state index >= 15 is 0 Å². The highest BCUT2D eigenvalue weighted by molar-refractivity contribution is 7.80. The third kappa shape index (κ3) is 4.25. The molecule has 3 rings (SSSR count). The summed E-state index contributed by atoms with van der Waals surface area (Å²) >= 11 is 5.14. The molecule has 0 spiro atoms. The van der Waals surface area contributed by atoms with Gasteiger partial charge < -0.3 is 20.1 Å². The van der Waals surface area contributed by atoms with E-state index in [0.717, 1.165) is 28.5 Å². The molecule has 7 heteroatoms. The maximum Gasteiger partial charge on any atom is 0.218 e. The number of aromatic nitrogens is 1. The predicted octanol–water partition coefficient (Wildman–Crippen LogP) is 4.54. The Hall–Kier alpha value is -2.77. The van der Waals surface area contributed by atoms with Gasteiger partial charge in [-0.05, 0) is 41.9 Å². The SMILES string of the molecule is COCCCNC(=S)N=Nc1c(O)[nH]c2ccc(-c3ccccc3)cc12. The Labute approximate surface area is 156 Å². The summed E-state index contributed by atoms with van der Waals surface area (Å²) in [6.07, 6.45) is 0.824. The van der Waals surface area contributed by atoms with Gasteiger partial charge >= 0.3 is 0 Å². The van der Waals surface area contributed by atoms with Crippen LogP contribution >= 0.6 is 12.2 Å². The minimum Gasteiger partial charge on any atom is -0.493 e. The summed E-state index contributed by atoms with van der Waals surface area (Å²) in [7, 11) is 1.65. The third-order valence-corrected chi connectivity index (χ3v) is 4.13. The van der Waals surface area contributed by atoms with Gasteiger partial charge in [0.25, 0.3) is 0 Å². The molecule has 0 fully saturated rings. The molecule has 3 aromatic rings. The van der Waals surface area contributed by atoms with Crippen molar-refractivity contribution in [2.75, 3.05) is 20.3 Å². The first-order valence-corrected chi connectivity index (χ1v) is 8.68. The van der Waals surface area contributed by atoms with E-state index in [1.54, 1.807) is 7.11 Å². The molecular formula is C19H20N4O2S. The van der Waals surface area contributed by atoms with E-state index in [4.69, 9.17) is 17.0 Å². The molecule has 2 aromatic carbocycles. The molecule has 0 atom stereocenters. The lowest BCUT2D eigenvalue weighted by molar-refractivity contribution is 0.195. The first-order chi connectivity index (χ1) is 12.7. The Morgan fingerprint density at radius 2 is 2.00 bits per heavy atom. The van der Waals surface area contributed by atoms with E-state index < -0.39 is 0 Å². The van der Waals surface area contributed by atoms with Crippen molar-refractivity contribution in [3.8, 4) is 17.0 Å². The zero-order valence-corrected chi connectivity index (χ0v) is 15.2. The first-order valence-electron chi connectivity index (χ1n) is 8.27. The highest BCUT2D eigenvalue weighted by atomic mass is 32.1. The van der Waals surface area contributed by atoms with E-state index in [-0.39, 0.29) is 11.0 Å². The van der Waals surface area contributed by atoms with Crippen LogP contribution < -0.4 is 5.32 Å². The van der Waals surface area contributed by atoms with Gasteiger partial charge in [-0.2, -0.15) is 0 Å². The van der Waals surface area contributed by atoms with Crippen LogP contribution in [0.3, 0.4) is 0 Å². The maximum absolute atomic E-state index is 10.2. The number of H-pyrrole nitrogens is 1. The van der Waals surface area contributed by atoms with Gasteiger partial charge in [0.05, 0.1) is 5.52 Å². The number of nitrogens with zero attached hydrogens (tertiary/aromatic N) is 2. The van der Waals surface area contributed by atoms with Crippen molar-refractivity contribution >= 4 is 33.9 Å². The predicted molar refractivity (Wildman–Crippen MR) is 107 cm³/mol. The summed E-state index contributed by atoms with van der Waals surface area (Å²) in [5.41, 5.74) is 3.29. The van der Waals surface area contributed by atoms with Crippen molar-refractivity contribution < 1.29 is 9.84 Å². The topological polar surface area (TPSA) is 82.0 Å². The molecule has 0 unspecified atom stereocenters. The number of nitrogens with one attached hydrogen (secondary N) is 2. The average molecular weight is 368 g/mol. The lowest BCUT2D eigenvalue weighted by atomic mass is 10.0. The molecule has 0 saturated heterocycles. The van der Waals surface area contributed by atoms with Crippen molar-refractivity contribution in [1.82, 2.24) is 10.3 Å². The van der Waals surface area contributed by atoms with Crippen LogP contribution in [0.5, 0.6) is 5.88 Å². The van der Waals surface area contributed by atoms with Gasteiger partial charge in [-0.15, -0.1) is 10.2 Å². The van der Waals surface area contributed by atoms with E-state index in [1.165, 1.54) is 0 Å². The molecule has 26 heavy (non-hydrogen) atoms. The third-order valence-electron chi connectivity index (χ3n) is 3.90. The maximum atomic E-state index is 10.2. The van der Waals surface area contributed by atoms with Crippen LogP contribution in [0.4, 0.5) is 5.69 Å². The molecular weight excluding hydrogens is 348 g/mol. The largest absolute Gasteiger partial charge is 0.493 e. The minimum absolute atomic E-state index is 0.0313. The number of benzene rings is 2. The van der Waals surface area contributed by atoms with Gasteiger partial charge in [0.15, 0.2) is 5.69 Å². The zero-order valence-electron chi connectivity index (χ0n) is 14.4. The fourth-order valence-corrected chi connectivity index (χ4v) is 2.76. The van der Waals surface area contributed by atoms with Crippen molar-refractivity contribution in [2.24, 2.45) is 10.2 Å². The quantitative estimate of drug-likeness (QED) is 0.339. The van der Waals surface area contributed by atoms with Crippen LogP contribution in [-0.4, -0.2) is 35.5 Å². The fourth-order valence-electron chi connectivity index (χ4n) is 2.62. The van der Waals surface area contributed by atoms with Crippen molar-refractivity contribution in [3.63, 3.8) is 0 Å². The summed E-state index contributed by atoms with van der Waals surface area (Å²) < 4.78 is 4.98. The zero-order chi connectivity index (χ0) is 18.4. The molecule has 1 heterocycles. The molecule has 1 aromatic heterocycles. The van der Waals surface area contributed by atoms with Gasteiger partial charge in [-0.3, -0.25) is 0 Å². The standard InChI is InChI=1S/C19H20N4O2S/c1-25-11-5-10-20-19(26)23-22-17-15-12-14(13-6-3-2-4-7-13)8-9-16(15)21-18(17)24/h2-4,6-9,12,21,24H,5,10-11H2,1H3,(H,20,26). The van der Waals surface area contributed by atoms with E-state index in [0.29, 0.717) is 18.8 Å². The lowest BCUT2D eigenvalue weighted by Gasteiger charge is -2.02. The van der Waals surface area contributed by atoms with Gasteiger partial charge in [0.1, 0.15) is 0 Å². The number of thiocarbonyl (C=S) groups is 1. The molecule has 0 saturated carbocycles. The smallest absolute Gasteiger partial charge is 0.218 e. The minimum atomic E-state index is -0.0313. The van der Waals surface area contributed by atoms with E-state index in [2.05, 4.69) is 20.5 Å². The van der Waals surface area contributed by atoms with Crippen LogP contribution in [0, 0.1) is 0 Å². The molecule has 0 amide bonds. The number of rotatable bonds is 6. The highest BCUT2D eigenvalue weighted by Gasteiger charge is 2.12. The summed E-state index contributed by atoms with van der Waals surface area (Å²) in [6.45, 7) is 1.31. The molecule has 0 aliphatic carbocycles. The Morgan fingerprint density at radius 1 is 1.19 bits per heavy atom. The van der Waals surface area contributed by atoms with Crippen LogP contribution in [0.2, 0.25) is 0 Å². The number of aromatic hydroxyl groups is 1. The molecule has 0 radical (unpaired) electrons. The van der Waals surface area contributed by atoms with Gasteiger partial charge in [-0.25, -0.2) is 0 Å². The fraction of sp³-hybridized carbons (Fsp3) is 0.211. The van der Waals surface area contributed by atoms with E-state index in [1.807, 2.05) is 48.5 Å². The van der Waals surface area contributed by atoms with Gasteiger partial charge in [0, 0.05) is 25.6 Å². The summed E-state index contributed by atoms with van der Waals surface area (Å²) in [4.78, 5) is 2.91. The van der Waals surface area contributed by atoms with Crippen LogP contribution in [0.1, 0.15) is 6.42 Å². The van der Waals surface area contributed by atoms with Crippen molar-refractivity contribution in [3.05, 3.63) is 48.5 Å². The lowest BCUT2D eigenvalue weighted by Crippen LogP contribution is -2.21. The molecule has 6 nitrogen and oxygen atoms in total. The second kappa shape index (κ2) is 8.55. The van der Waals surface area contributed by atoms with Crippen LogP contribution in [0.15, 0.2) is 58.8 Å². The normalized spacial score (nSPS) is 11.3. The number of methoxy groups -OCH3 is 1. The van der Waals surface area contributed by atoms with Gasteiger partial charge in [0.2, 0.25) is 11.0 Å². The second-order valence-corrected chi connectivity index (χ2v) is 6.11. The molecule has 3 N–H and O–H groups in total. The molecule has 0 bridgehead atoms. The van der Waals surface area contributed by atoms with Crippen LogP contribution in [0.25, 0.3) is 22.0 Å². The highest BCUT2D eigenvalue weighted by Crippen LogP contribution is 2.37. The van der Waals surface area contributed by atoms with Crippen LogP contribution in [-0.2, 0) is 4.74 Å². The van der Waals surface area contributed by atoms with E-state index in [9.17, 15) is 5.11 Å². The second-order valence-electron chi connectivity index (χ2n) is 5.73. The summed E-state index contributed by atoms with van der Waals surface area (Å²) in [5.74, 6) is -0.0313. The number of aromatic amines is 1. The Kier molecular flexibility index (Phi) is 5.93. The van der Waals surface area contributed by atoms with Crippen molar-refractivity contribution in [2.45, 2.75) is 6.42 Å². The number of fused-ring (bicyclic) bond motifs is 1.